The topological polar surface area (TPSA) is 29.5 Å². The van der Waals surface area contributed by atoms with Gasteiger partial charge in [0.05, 0.1) is 6.10 Å². The molecule has 2 atom stereocenters. The predicted octanol–water partition coefficient (Wildman–Crippen LogP) is 2.23. The highest BCUT2D eigenvalue weighted by Gasteiger charge is 2.19. The molecule has 1 aromatic rings. The van der Waals surface area contributed by atoms with Crippen LogP contribution in [0.4, 0.5) is 0 Å². The highest BCUT2D eigenvalue weighted by molar-refractivity contribution is 5.41. The van der Waals surface area contributed by atoms with Crippen molar-refractivity contribution in [3.05, 3.63) is 42.0 Å². The van der Waals surface area contributed by atoms with E-state index in [1.165, 1.54) is 11.6 Å². The molecule has 2 rings (SSSR count). The van der Waals surface area contributed by atoms with Crippen molar-refractivity contribution in [1.29, 1.82) is 0 Å². The van der Waals surface area contributed by atoms with Gasteiger partial charge in [-0.05, 0) is 30.2 Å². The van der Waals surface area contributed by atoms with Gasteiger partial charge in [-0.2, -0.15) is 0 Å². The van der Waals surface area contributed by atoms with E-state index in [2.05, 4.69) is 6.58 Å². The van der Waals surface area contributed by atoms with Crippen molar-refractivity contribution in [3.8, 4) is 5.75 Å². The van der Waals surface area contributed by atoms with Crippen molar-refractivity contribution in [1.82, 2.24) is 0 Å². The molecule has 74 valence electrons. The zero-order valence-electron chi connectivity index (χ0n) is 8.23. The van der Waals surface area contributed by atoms with Gasteiger partial charge < -0.3 is 9.84 Å². The lowest BCUT2D eigenvalue weighted by Crippen LogP contribution is -2.05. The van der Waals surface area contributed by atoms with Crippen molar-refractivity contribution in [3.63, 3.8) is 0 Å². The Morgan fingerprint density at radius 3 is 3.14 bits per heavy atom. The quantitative estimate of drug-likeness (QED) is 0.725. The average molecular weight is 190 g/mol. The van der Waals surface area contributed by atoms with Gasteiger partial charge in [-0.3, -0.25) is 0 Å². The third kappa shape index (κ3) is 1.53. The number of ether oxygens (including phenoxy) is 1. The Kier molecular flexibility index (Phi) is 2.30. The molecule has 0 aliphatic carbocycles. The second kappa shape index (κ2) is 3.46. The molecule has 1 heterocycles. The lowest BCUT2D eigenvalue weighted by atomic mass is 10.0. The fourth-order valence-electron chi connectivity index (χ4n) is 1.76. The summed E-state index contributed by atoms with van der Waals surface area (Å²) < 4.78 is 5.57. The molecule has 1 N–H and O–H groups in total. The number of benzene rings is 1. The van der Waals surface area contributed by atoms with Crippen LogP contribution in [0.2, 0.25) is 0 Å². The number of hydrogen-bond acceptors (Lipinski definition) is 2. The second-order valence-electron chi connectivity index (χ2n) is 3.68. The van der Waals surface area contributed by atoms with E-state index in [0.29, 0.717) is 0 Å². The first-order valence-corrected chi connectivity index (χ1v) is 4.81. The summed E-state index contributed by atoms with van der Waals surface area (Å²) in [5, 5.41) is 9.57. The van der Waals surface area contributed by atoms with Crippen LogP contribution in [0.5, 0.6) is 5.75 Å². The van der Waals surface area contributed by atoms with Crippen LogP contribution in [-0.4, -0.2) is 11.2 Å². The van der Waals surface area contributed by atoms with Crippen LogP contribution >= 0.6 is 0 Å². The van der Waals surface area contributed by atoms with Gasteiger partial charge in [-0.25, -0.2) is 0 Å². The van der Waals surface area contributed by atoms with Crippen molar-refractivity contribution in [2.75, 3.05) is 0 Å². The first-order valence-electron chi connectivity index (χ1n) is 4.81. The number of aliphatic hydroxyl groups excluding tert-OH is 1. The molecule has 0 radical (unpaired) electrons. The third-order valence-electron chi connectivity index (χ3n) is 2.48. The number of aliphatic hydroxyl groups is 1. The highest BCUT2D eigenvalue weighted by atomic mass is 16.5. The lowest BCUT2D eigenvalue weighted by molar-refractivity contribution is 0.229. The molecule has 0 fully saturated rings. The molecular weight excluding hydrogens is 176 g/mol. The Balaban J connectivity index is 2.32. The summed E-state index contributed by atoms with van der Waals surface area (Å²) in [4.78, 5) is 0. The van der Waals surface area contributed by atoms with Crippen LogP contribution in [0.25, 0.3) is 0 Å². The maximum absolute atomic E-state index is 9.57. The summed E-state index contributed by atoms with van der Waals surface area (Å²) in [5.41, 5.74) is 2.06. The number of hydrogen-bond donors (Lipinski definition) is 1. The van der Waals surface area contributed by atoms with Gasteiger partial charge in [0.2, 0.25) is 0 Å². The van der Waals surface area contributed by atoms with Crippen molar-refractivity contribution >= 4 is 0 Å². The molecule has 0 spiro atoms. The monoisotopic (exact) mass is 190 g/mol. The largest absolute Gasteiger partial charge is 0.490 e. The van der Waals surface area contributed by atoms with E-state index in [1.807, 2.05) is 25.1 Å². The molecule has 1 aromatic carbocycles. The van der Waals surface area contributed by atoms with Gasteiger partial charge in [0.1, 0.15) is 11.9 Å². The molecule has 2 heteroatoms. The van der Waals surface area contributed by atoms with Gasteiger partial charge in [-0.15, -0.1) is 6.58 Å². The van der Waals surface area contributed by atoms with E-state index < -0.39 is 6.10 Å². The van der Waals surface area contributed by atoms with E-state index in [4.69, 9.17) is 4.74 Å². The van der Waals surface area contributed by atoms with Crippen LogP contribution in [0, 0.1) is 0 Å². The molecule has 2 nitrogen and oxygen atoms in total. The van der Waals surface area contributed by atoms with Crippen LogP contribution in [0.1, 0.15) is 24.2 Å². The average Bonchev–Trinajstić information content (AvgIpc) is 2.55. The molecule has 14 heavy (non-hydrogen) atoms. The maximum Gasteiger partial charge on any atom is 0.123 e. The van der Waals surface area contributed by atoms with E-state index in [0.717, 1.165) is 17.7 Å². The maximum atomic E-state index is 9.57. The fourth-order valence-corrected chi connectivity index (χ4v) is 1.76. The molecular formula is C12H14O2. The van der Waals surface area contributed by atoms with Crippen LogP contribution in [0.3, 0.4) is 0 Å². The van der Waals surface area contributed by atoms with Gasteiger partial charge in [0, 0.05) is 6.42 Å². The first kappa shape index (κ1) is 9.28. The van der Waals surface area contributed by atoms with Crippen LogP contribution in [-0.2, 0) is 6.42 Å². The van der Waals surface area contributed by atoms with Gasteiger partial charge in [0.15, 0.2) is 0 Å². The minimum absolute atomic E-state index is 0.251. The standard InChI is InChI=1S/C12H14O2/c1-3-11(13)9-4-5-12-10(7-9)6-8(2)14-12/h3-5,7-8,11,13H,1,6H2,2H3. The molecule has 1 aliphatic rings. The van der Waals surface area contributed by atoms with Gasteiger partial charge in [-0.1, -0.05) is 12.1 Å². The Morgan fingerprint density at radius 1 is 1.64 bits per heavy atom. The van der Waals surface area contributed by atoms with E-state index in [1.54, 1.807) is 0 Å². The summed E-state index contributed by atoms with van der Waals surface area (Å²) in [7, 11) is 0. The molecule has 0 saturated carbocycles. The fraction of sp³-hybridized carbons (Fsp3) is 0.333. The molecule has 1 aliphatic heterocycles. The summed E-state index contributed by atoms with van der Waals surface area (Å²) >= 11 is 0. The molecule has 0 saturated heterocycles. The SMILES string of the molecule is C=CC(O)c1ccc2c(c1)CC(C)O2. The van der Waals surface area contributed by atoms with Crippen molar-refractivity contribution < 1.29 is 9.84 Å². The van der Waals surface area contributed by atoms with Gasteiger partial charge >= 0.3 is 0 Å². The van der Waals surface area contributed by atoms with E-state index in [-0.39, 0.29) is 6.10 Å². The predicted molar refractivity (Wildman–Crippen MR) is 55.4 cm³/mol. The third-order valence-corrected chi connectivity index (χ3v) is 2.48. The highest BCUT2D eigenvalue weighted by Crippen LogP contribution is 2.31. The lowest BCUT2D eigenvalue weighted by Gasteiger charge is -2.07. The molecule has 0 amide bonds. The van der Waals surface area contributed by atoms with E-state index >= 15 is 0 Å². The van der Waals surface area contributed by atoms with Crippen LogP contribution < -0.4 is 4.74 Å². The Labute approximate surface area is 83.8 Å². The Bertz CT molecular complexity index is 357. The summed E-state index contributed by atoms with van der Waals surface area (Å²) in [5.74, 6) is 0.942. The van der Waals surface area contributed by atoms with Crippen molar-refractivity contribution in [2.24, 2.45) is 0 Å². The minimum atomic E-state index is -0.573. The number of rotatable bonds is 2. The summed E-state index contributed by atoms with van der Waals surface area (Å²) in [6.07, 6.45) is 2.13. The first-order chi connectivity index (χ1) is 6.70. The normalized spacial score (nSPS) is 21.1. The second-order valence-corrected chi connectivity index (χ2v) is 3.68. The zero-order valence-corrected chi connectivity index (χ0v) is 8.23. The van der Waals surface area contributed by atoms with Crippen LogP contribution in [0.15, 0.2) is 30.9 Å². The molecule has 0 bridgehead atoms. The zero-order chi connectivity index (χ0) is 10.1. The molecule has 2 unspecified atom stereocenters. The van der Waals surface area contributed by atoms with E-state index in [9.17, 15) is 5.11 Å². The minimum Gasteiger partial charge on any atom is -0.490 e. The Morgan fingerprint density at radius 2 is 2.43 bits per heavy atom. The number of fused-ring (bicyclic) bond motifs is 1. The molecule has 0 aromatic heterocycles. The van der Waals surface area contributed by atoms with Crippen molar-refractivity contribution in [2.45, 2.75) is 25.6 Å². The van der Waals surface area contributed by atoms with Gasteiger partial charge in [0.25, 0.3) is 0 Å². The summed E-state index contributed by atoms with van der Waals surface area (Å²) in [6, 6.07) is 5.79. The smallest absolute Gasteiger partial charge is 0.123 e. The summed E-state index contributed by atoms with van der Waals surface area (Å²) in [6.45, 7) is 5.61. The Hall–Kier alpha value is -1.28.